The summed E-state index contributed by atoms with van der Waals surface area (Å²) in [5.74, 6) is 0.358. The molecular formula is C12H18N2O. The number of aromatic hydroxyl groups is 1. The summed E-state index contributed by atoms with van der Waals surface area (Å²) in [5, 5.41) is 12.7. The van der Waals surface area contributed by atoms with Crippen LogP contribution in [0.15, 0.2) is 24.3 Å². The fourth-order valence-electron chi connectivity index (χ4n) is 2.12. The molecule has 2 rings (SSSR count). The second-order valence-corrected chi connectivity index (χ2v) is 4.18. The molecule has 1 atom stereocenters. The number of nitrogens with zero attached hydrogens (tertiary/aromatic N) is 1. The molecule has 2 N–H and O–H groups in total. The third kappa shape index (κ3) is 2.70. The molecule has 1 fully saturated rings. The van der Waals surface area contributed by atoms with Crippen LogP contribution >= 0.6 is 0 Å². The molecule has 1 aromatic rings. The Morgan fingerprint density at radius 1 is 1.53 bits per heavy atom. The van der Waals surface area contributed by atoms with Crippen LogP contribution < -0.4 is 5.32 Å². The first-order chi connectivity index (χ1) is 7.28. The first-order valence-electron chi connectivity index (χ1n) is 5.45. The van der Waals surface area contributed by atoms with Gasteiger partial charge in [-0.2, -0.15) is 0 Å². The van der Waals surface area contributed by atoms with Crippen LogP contribution in [0.1, 0.15) is 12.0 Å². The van der Waals surface area contributed by atoms with Gasteiger partial charge in [-0.15, -0.1) is 0 Å². The molecule has 0 aliphatic carbocycles. The zero-order chi connectivity index (χ0) is 10.7. The van der Waals surface area contributed by atoms with Crippen molar-refractivity contribution in [3.63, 3.8) is 0 Å². The zero-order valence-corrected chi connectivity index (χ0v) is 9.11. The molecule has 82 valence electrons. The predicted octanol–water partition coefficient (Wildman–Crippen LogP) is 1.19. The number of hydrogen-bond acceptors (Lipinski definition) is 3. The smallest absolute Gasteiger partial charge is 0.115 e. The van der Waals surface area contributed by atoms with E-state index in [1.807, 2.05) is 19.2 Å². The van der Waals surface area contributed by atoms with Crippen LogP contribution in [0.4, 0.5) is 0 Å². The van der Waals surface area contributed by atoms with Crippen LogP contribution in [0.5, 0.6) is 5.75 Å². The van der Waals surface area contributed by atoms with Crippen molar-refractivity contribution in [3.05, 3.63) is 29.8 Å². The Balaban J connectivity index is 1.92. The Kier molecular flexibility index (Phi) is 3.23. The zero-order valence-electron chi connectivity index (χ0n) is 9.11. The molecule has 3 heteroatoms. The number of benzene rings is 1. The highest BCUT2D eigenvalue weighted by Gasteiger charge is 2.20. The summed E-state index contributed by atoms with van der Waals surface area (Å²) in [6.45, 7) is 3.18. The number of likely N-dealkylation sites (N-methyl/N-ethyl adjacent to an activating group) is 1. The third-order valence-electron chi connectivity index (χ3n) is 3.00. The minimum Gasteiger partial charge on any atom is -0.508 e. The van der Waals surface area contributed by atoms with Crippen molar-refractivity contribution >= 4 is 0 Å². The Bertz CT molecular complexity index is 327. The van der Waals surface area contributed by atoms with E-state index in [1.165, 1.54) is 12.0 Å². The van der Waals surface area contributed by atoms with Gasteiger partial charge in [-0.25, -0.2) is 0 Å². The van der Waals surface area contributed by atoms with E-state index in [2.05, 4.69) is 16.3 Å². The Labute approximate surface area is 90.7 Å². The van der Waals surface area contributed by atoms with Gasteiger partial charge in [0.15, 0.2) is 0 Å². The van der Waals surface area contributed by atoms with Crippen molar-refractivity contribution in [1.29, 1.82) is 0 Å². The Hall–Kier alpha value is -1.06. The molecule has 1 aliphatic heterocycles. The first-order valence-corrected chi connectivity index (χ1v) is 5.45. The Morgan fingerprint density at radius 2 is 2.40 bits per heavy atom. The standard InChI is InChI=1S/C12H18N2O/c1-13-11-5-6-14(9-11)8-10-3-2-4-12(15)7-10/h2-4,7,11,13,15H,5-6,8-9H2,1H3. The molecule has 1 unspecified atom stereocenters. The van der Waals surface area contributed by atoms with Gasteiger partial charge in [-0.1, -0.05) is 12.1 Å². The van der Waals surface area contributed by atoms with Crippen molar-refractivity contribution in [3.8, 4) is 5.75 Å². The molecule has 0 spiro atoms. The second kappa shape index (κ2) is 4.64. The molecule has 0 bridgehead atoms. The van der Waals surface area contributed by atoms with Crippen molar-refractivity contribution in [2.75, 3.05) is 20.1 Å². The number of hydrogen-bond donors (Lipinski definition) is 2. The molecule has 1 aromatic carbocycles. The minimum atomic E-state index is 0.358. The topological polar surface area (TPSA) is 35.5 Å². The van der Waals surface area contributed by atoms with Gasteiger partial charge in [0.1, 0.15) is 5.75 Å². The molecule has 1 heterocycles. The molecule has 0 aromatic heterocycles. The van der Waals surface area contributed by atoms with Gasteiger partial charge in [-0.3, -0.25) is 4.90 Å². The van der Waals surface area contributed by atoms with Gasteiger partial charge in [0, 0.05) is 25.7 Å². The number of likely N-dealkylation sites (tertiary alicyclic amines) is 1. The minimum absolute atomic E-state index is 0.358. The highest BCUT2D eigenvalue weighted by molar-refractivity contribution is 5.27. The monoisotopic (exact) mass is 206 g/mol. The van der Waals surface area contributed by atoms with Crippen LogP contribution in [0.25, 0.3) is 0 Å². The molecule has 3 nitrogen and oxygen atoms in total. The second-order valence-electron chi connectivity index (χ2n) is 4.18. The maximum atomic E-state index is 9.35. The lowest BCUT2D eigenvalue weighted by molar-refractivity contribution is 0.322. The van der Waals surface area contributed by atoms with Crippen LogP contribution in [0, 0.1) is 0 Å². The maximum absolute atomic E-state index is 9.35. The van der Waals surface area contributed by atoms with E-state index in [0.717, 1.165) is 19.6 Å². The average Bonchev–Trinajstić information content (AvgIpc) is 2.65. The highest BCUT2D eigenvalue weighted by atomic mass is 16.3. The largest absolute Gasteiger partial charge is 0.508 e. The number of phenols is 1. The van der Waals surface area contributed by atoms with Gasteiger partial charge in [0.25, 0.3) is 0 Å². The van der Waals surface area contributed by atoms with Gasteiger partial charge >= 0.3 is 0 Å². The third-order valence-corrected chi connectivity index (χ3v) is 3.00. The maximum Gasteiger partial charge on any atom is 0.115 e. The van der Waals surface area contributed by atoms with Crippen LogP contribution in [-0.2, 0) is 6.54 Å². The fraction of sp³-hybridized carbons (Fsp3) is 0.500. The first kappa shape index (κ1) is 10.5. The summed E-state index contributed by atoms with van der Waals surface area (Å²) < 4.78 is 0. The van der Waals surface area contributed by atoms with Gasteiger partial charge < -0.3 is 10.4 Å². The summed E-state index contributed by atoms with van der Waals surface area (Å²) >= 11 is 0. The van der Waals surface area contributed by atoms with E-state index >= 15 is 0 Å². The SMILES string of the molecule is CNC1CCN(Cc2cccc(O)c2)C1. The summed E-state index contributed by atoms with van der Waals surface area (Å²) in [7, 11) is 2.02. The van der Waals surface area contributed by atoms with Gasteiger partial charge in [0.05, 0.1) is 0 Å². The molecular weight excluding hydrogens is 188 g/mol. The quantitative estimate of drug-likeness (QED) is 0.779. The van der Waals surface area contributed by atoms with E-state index < -0.39 is 0 Å². The van der Waals surface area contributed by atoms with Crippen LogP contribution in [0.2, 0.25) is 0 Å². The summed E-state index contributed by atoms with van der Waals surface area (Å²) in [5.41, 5.74) is 1.19. The molecule has 0 saturated carbocycles. The normalized spacial score (nSPS) is 22.1. The van der Waals surface area contributed by atoms with E-state index in [4.69, 9.17) is 0 Å². The lowest BCUT2D eigenvalue weighted by Gasteiger charge is -2.15. The van der Waals surface area contributed by atoms with Gasteiger partial charge in [-0.05, 0) is 31.2 Å². The van der Waals surface area contributed by atoms with Crippen molar-refractivity contribution in [2.24, 2.45) is 0 Å². The van der Waals surface area contributed by atoms with Crippen molar-refractivity contribution < 1.29 is 5.11 Å². The number of nitrogens with one attached hydrogen (secondary N) is 1. The van der Waals surface area contributed by atoms with E-state index in [0.29, 0.717) is 11.8 Å². The van der Waals surface area contributed by atoms with Crippen LogP contribution in [0.3, 0.4) is 0 Å². The lowest BCUT2D eigenvalue weighted by Crippen LogP contribution is -2.29. The number of phenolic OH excluding ortho intramolecular Hbond substituents is 1. The van der Waals surface area contributed by atoms with E-state index in [-0.39, 0.29) is 0 Å². The molecule has 15 heavy (non-hydrogen) atoms. The van der Waals surface area contributed by atoms with E-state index in [9.17, 15) is 5.11 Å². The van der Waals surface area contributed by atoms with Crippen molar-refractivity contribution in [1.82, 2.24) is 10.2 Å². The Morgan fingerprint density at radius 3 is 3.07 bits per heavy atom. The molecule has 1 saturated heterocycles. The lowest BCUT2D eigenvalue weighted by atomic mass is 10.2. The average molecular weight is 206 g/mol. The van der Waals surface area contributed by atoms with E-state index in [1.54, 1.807) is 6.07 Å². The number of rotatable bonds is 3. The molecule has 1 aliphatic rings. The summed E-state index contributed by atoms with van der Waals surface area (Å²) in [4.78, 5) is 2.41. The summed E-state index contributed by atoms with van der Waals surface area (Å²) in [6.07, 6.45) is 1.22. The van der Waals surface area contributed by atoms with Gasteiger partial charge in [0.2, 0.25) is 0 Å². The molecule has 0 radical (unpaired) electrons. The molecule has 0 amide bonds. The van der Waals surface area contributed by atoms with Crippen molar-refractivity contribution in [2.45, 2.75) is 19.0 Å². The van der Waals surface area contributed by atoms with Crippen LogP contribution in [-0.4, -0.2) is 36.2 Å². The highest BCUT2D eigenvalue weighted by Crippen LogP contribution is 2.16. The predicted molar refractivity (Wildman–Crippen MR) is 60.8 cm³/mol. The fourth-order valence-corrected chi connectivity index (χ4v) is 2.12. The summed E-state index contributed by atoms with van der Waals surface area (Å²) in [6, 6.07) is 8.14.